The minimum atomic E-state index is 0.608. The normalized spacial score (nSPS) is 10.4. The van der Waals surface area contributed by atoms with Crippen LogP contribution in [0, 0.1) is 0 Å². The summed E-state index contributed by atoms with van der Waals surface area (Å²) < 4.78 is 1.98. The standard InChI is InChI=1S/C11H12N3/c1-3-8-12-11-13-9-6-4-5-7-10(9)14(11)2/h3-7H,1,8H2,2H3. The first-order valence-corrected chi connectivity index (χ1v) is 4.53. The number of hydrogen-bond acceptors (Lipinski definition) is 1. The van der Waals surface area contributed by atoms with Crippen molar-refractivity contribution in [2.75, 3.05) is 6.54 Å². The zero-order chi connectivity index (χ0) is 9.97. The summed E-state index contributed by atoms with van der Waals surface area (Å²) in [7, 11) is 1.97. The molecule has 0 aliphatic rings. The van der Waals surface area contributed by atoms with E-state index in [0.29, 0.717) is 6.54 Å². The fourth-order valence-electron chi connectivity index (χ4n) is 1.42. The van der Waals surface area contributed by atoms with Gasteiger partial charge in [-0.1, -0.05) is 18.2 Å². The Morgan fingerprint density at radius 1 is 1.50 bits per heavy atom. The summed E-state index contributed by atoms with van der Waals surface area (Å²) in [4.78, 5) is 4.40. The number of hydrogen-bond donors (Lipinski definition) is 0. The highest BCUT2D eigenvalue weighted by Crippen LogP contribution is 2.17. The molecule has 0 atom stereocenters. The highest BCUT2D eigenvalue weighted by molar-refractivity contribution is 5.77. The fraction of sp³-hybridized carbons (Fsp3) is 0.182. The minimum Gasteiger partial charge on any atom is -0.312 e. The number of nitrogens with zero attached hydrogens (tertiary/aromatic N) is 3. The fourth-order valence-corrected chi connectivity index (χ4v) is 1.42. The number of imidazole rings is 1. The largest absolute Gasteiger partial charge is 0.312 e. The van der Waals surface area contributed by atoms with Crippen LogP contribution in [0.5, 0.6) is 0 Å². The Morgan fingerprint density at radius 2 is 2.29 bits per heavy atom. The van der Waals surface area contributed by atoms with Crippen LogP contribution < -0.4 is 5.32 Å². The Hall–Kier alpha value is -1.77. The summed E-state index contributed by atoms with van der Waals surface area (Å²) in [6.07, 6.45) is 1.76. The van der Waals surface area contributed by atoms with Crippen LogP contribution in [0.25, 0.3) is 11.0 Å². The van der Waals surface area contributed by atoms with Crippen molar-refractivity contribution >= 4 is 17.0 Å². The van der Waals surface area contributed by atoms with Crippen molar-refractivity contribution in [2.45, 2.75) is 0 Å². The number of para-hydroxylation sites is 2. The predicted octanol–water partition coefficient (Wildman–Crippen LogP) is 2.00. The summed E-state index contributed by atoms with van der Waals surface area (Å²) >= 11 is 0. The molecule has 71 valence electrons. The molecule has 1 radical (unpaired) electrons. The van der Waals surface area contributed by atoms with Crippen LogP contribution in [0.4, 0.5) is 5.95 Å². The maximum atomic E-state index is 4.40. The second-order valence-corrected chi connectivity index (χ2v) is 3.09. The molecule has 1 aromatic heterocycles. The van der Waals surface area contributed by atoms with Gasteiger partial charge in [-0.25, -0.2) is 10.3 Å². The van der Waals surface area contributed by atoms with E-state index in [2.05, 4.69) is 16.9 Å². The molecule has 0 saturated carbocycles. The molecule has 1 heterocycles. The number of rotatable bonds is 3. The monoisotopic (exact) mass is 186 g/mol. The lowest BCUT2D eigenvalue weighted by Crippen LogP contribution is -2.02. The molecule has 0 amide bonds. The van der Waals surface area contributed by atoms with Gasteiger partial charge in [0.15, 0.2) is 0 Å². The van der Waals surface area contributed by atoms with Gasteiger partial charge in [0.2, 0.25) is 5.95 Å². The first kappa shape index (κ1) is 8.81. The molecule has 2 rings (SSSR count). The number of fused-ring (bicyclic) bond motifs is 1. The van der Waals surface area contributed by atoms with Gasteiger partial charge in [0.1, 0.15) is 0 Å². The summed E-state index contributed by atoms with van der Waals surface area (Å²) in [6.45, 7) is 4.24. The van der Waals surface area contributed by atoms with Gasteiger partial charge >= 0.3 is 0 Å². The lowest BCUT2D eigenvalue weighted by atomic mass is 10.3. The molecule has 0 aliphatic heterocycles. The van der Waals surface area contributed by atoms with E-state index in [0.717, 1.165) is 17.0 Å². The van der Waals surface area contributed by atoms with Gasteiger partial charge in [-0.15, -0.1) is 6.58 Å². The first-order valence-electron chi connectivity index (χ1n) is 4.53. The molecule has 0 unspecified atom stereocenters. The Labute approximate surface area is 83.1 Å². The van der Waals surface area contributed by atoms with Crippen LogP contribution in [0.3, 0.4) is 0 Å². The SMILES string of the molecule is C=CC[N]c1nc2ccccc2n1C. The quantitative estimate of drug-likeness (QED) is 0.674. The first-order chi connectivity index (χ1) is 6.83. The van der Waals surface area contributed by atoms with Crippen molar-refractivity contribution in [3.8, 4) is 0 Å². The van der Waals surface area contributed by atoms with Gasteiger partial charge in [0, 0.05) is 7.05 Å². The average molecular weight is 186 g/mol. The van der Waals surface area contributed by atoms with Gasteiger partial charge in [-0.05, 0) is 12.1 Å². The number of aromatic nitrogens is 2. The van der Waals surface area contributed by atoms with Crippen LogP contribution in [0.15, 0.2) is 36.9 Å². The highest BCUT2D eigenvalue weighted by Gasteiger charge is 2.05. The van der Waals surface area contributed by atoms with Crippen LogP contribution in [-0.2, 0) is 7.05 Å². The zero-order valence-corrected chi connectivity index (χ0v) is 8.14. The highest BCUT2D eigenvalue weighted by atomic mass is 15.2. The van der Waals surface area contributed by atoms with Gasteiger partial charge in [0.05, 0.1) is 17.6 Å². The Balaban J connectivity index is 2.46. The van der Waals surface area contributed by atoms with Gasteiger partial charge in [-0.3, -0.25) is 0 Å². The van der Waals surface area contributed by atoms with Gasteiger partial charge in [-0.2, -0.15) is 0 Å². The Bertz CT molecular complexity index is 457. The van der Waals surface area contributed by atoms with E-state index in [4.69, 9.17) is 0 Å². The molecule has 14 heavy (non-hydrogen) atoms. The van der Waals surface area contributed by atoms with Gasteiger partial charge < -0.3 is 4.57 Å². The van der Waals surface area contributed by atoms with E-state index < -0.39 is 0 Å². The second kappa shape index (κ2) is 3.54. The molecular weight excluding hydrogens is 174 g/mol. The summed E-state index contributed by atoms with van der Waals surface area (Å²) in [5.74, 6) is 0.756. The van der Waals surface area contributed by atoms with Crippen LogP contribution in [-0.4, -0.2) is 16.1 Å². The maximum absolute atomic E-state index is 4.40. The topological polar surface area (TPSA) is 31.9 Å². The summed E-state index contributed by atoms with van der Waals surface area (Å²) in [5, 5.41) is 4.30. The van der Waals surface area contributed by atoms with Crippen molar-refractivity contribution in [3.05, 3.63) is 36.9 Å². The summed E-state index contributed by atoms with van der Waals surface area (Å²) in [6, 6.07) is 8.01. The third kappa shape index (κ3) is 1.37. The zero-order valence-electron chi connectivity index (χ0n) is 8.14. The van der Waals surface area contributed by atoms with E-state index in [1.165, 1.54) is 0 Å². The van der Waals surface area contributed by atoms with E-state index in [1.54, 1.807) is 6.08 Å². The molecule has 0 bridgehead atoms. The van der Waals surface area contributed by atoms with Crippen LogP contribution >= 0.6 is 0 Å². The van der Waals surface area contributed by atoms with E-state index in [1.807, 2.05) is 35.9 Å². The smallest absolute Gasteiger partial charge is 0.225 e. The second-order valence-electron chi connectivity index (χ2n) is 3.09. The van der Waals surface area contributed by atoms with E-state index >= 15 is 0 Å². The molecule has 0 saturated heterocycles. The van der Waals surface area contributed by atoms with Crippen molar-refractivity contribution in [1.82, 2.24) is 14.9 Å². The van der Waals surface area contributed by atoms with Gasteiger partial charge in [0.25, 0.3) is 0 Å². The van der Waals surface area contributed by atoms with Crippen molar-refractivity contribution in [1.29, 1.82) is 0 Å². The minimum absolute atomic E-state index is 0.608. The molecule has 0 spiro atoms. The maximum Gasteiger partial charge on any atom is 0.225 e. The van der Waals surface area contributed by atoms with Crippen molar-refractivity contribution in [3.63, 3.8) is 0 Å². The predicted molar refractivity (Wildman–Crippen MR) is 57.6 cm³/mol. The van der Waals surface area contributed by atoms with Crippen LogP contribution in [0.2, 0.25) is 0 Å². The average Bonchev–Trinajstić information content (AvgIpc) is 2.54. The Morgan fingerprint density at radius 3 is 3.00 bits per heavy atom. The molecule has 2 aromatic rings. The number of benzene rings is 1. The third-order valence-electron chi connectivity index (χ3n) is 2.13. The van der Waals surface area contributed by atoms with Crippen LogP contribution in [0.1, 0.15) is 0 Å². The molecule has 0 N–H and O–H groups in total. The molecular formula is C11H12N3. The molecule has 0 aliphatic carbocycles. The number of aryl methyl sites for hydroxylation is 1. The molecule has 0 fully saturated rings. The van der Waals surface area contributed by atoms with E-state index in [-0.39, 0.29) is 0 Å². The van der Waals surface area contributed by atoms with Crippen molar-refractivity contribution < 1.29 is 0 Å². The molecule has 1 aromatic carbocycles. The summed E-state index contributed by atoms with van der Waals surface area (Å²) in [5.41, 5.74) is 2.09. The Kier molecular flexibility index (Phi) is 2.23. The molecule has 3 nitrogen and oxygen atoms in total. The lowest BCUT2D eigenvalue weighted by Gasteiger charge is -1.99. The van der Waals surface area contributed by atoms with Crippen molar-refractivity contribution in [2.24, 2.45) is 7.05 Å². The van der Waals surface area contributed by atoms with E-state index in [9.17, 15) is 0 Å². The third-order valence-corrected chi connectivity index (χ3v) is 2.13. The molecule has 3 heteroatoms. The lowest BCUT2D eigenvalue weighted by molar-refractivity contribution is 0.824.